The van der Waals surface area contributed by atoms with Crippen molar-refractivity contribution in [1.29, 1.82) is 0 Å². The molecule has 0 amide bonds. The van der Waals surface area contributed by atoms with Gasteiger partial charge in [-0.3, -0.25) is 0 Å². The quantitative estimate of drug-likeness (QED) is 0.411. The standard InChI is InChI=1S/C28H28N3O2/c1-20-17-23(31-28(20)24(14-15-29)25-9-6-16-30(25)31)12-10-21-11-13-26(32-2)27(18-21)33-19-22-7-4-3-5-8-22/h3-13,16-18H,14-15,19,29H2,1-2H3/q+1. The van der Waals surface area contributed by atoms with Crippen molar-refractivity contribution in [3.05, 3.63) is 101 Å². The van der Waals surface area contributed by atoms with Gasteiger partial charge in [-0.2, -0.15) is 0 Å². The zero-order valence-corrected chi connectivity index (χ0v) is 19.0. The van der Waals surface area contributed by atoms with Crippen LogP contribution < -0.4 is 19.6 Å². The lowest BCUT2D eigenvalue weighted by Gasteiger charge is -2.11. The minimum Gasteiger partial charge on any atom is -0.493 e. The number of nitrogens with zero attached hydrogens (tertiary/aromatic N) is 2. The van der Waals surface area contributed by atoms with Gasteiger partial charge in [-0.15, -0.1) is 4.52 Å². The van der Waals surface area contributed by atoms with Crippen LogP contribution in [0.25, 0.3) is 23.7 Å². The summed E-state index contributed by atoms with van der Waals surface area (Å²) in [6.45, 7) is 3.29. The molecule has 2 N–H and O–H groups in total. The number of aryl methyl sites for hydroxylation is 1. The van der Waals surface area contributed by atoms with Crippen LogP contribution >= 0.6 is 0 Å². The van der Waals surface area contributed by atoms with E-state index in [0.29, 0.717) is 13.2 Å². The molecule has 166 valence electrons. The van der Waals surface area contributed by atoms with Crippen LogP contribution in [0.1, 0.15) is 33.6 Å². The van der Waals surface area contributed by atoms with Crippen LogP contribution in [0.3, 0.4) is 0 Å². The third-order valence-corrected chi connectivity index (χ3v) is 6.00. The molecule has 0 radical (unpaired) electrons. The first-order valence-electron chi connectivity index (χ1n) is 11.2. The lowest BCUT2D eigenvalue weighted by atomic mass is 10.1. The van der Waals surface area contributed by atoms with Crippen molar-refractivity contribution in [2.24, 2.45) is 5.73 Å². The van der Waals surface area contributed by atoms with Crippen LogP contribution in [0.2, 0.25) is 0 Å². The molecule has 0 fully saturated rings. The number of nitrogens with two attached hydrogens (primary N) is 1. The van der Waals surface area contributed by atoms with E-state index < -0.39 is 0 Å². The molecule has 0 aliphatic carbocycles. The first kappa shape index (κ1) is 21.0. The maximum absolute atomic E-state index is 6.08. The van der Waals surface area contributed by atoms with Crippen molar-refractivity contribution in [3.63, 3.8) is 0 Å². The normalized spacial score (nSPS) is 12.5. The number of benzene rings is 2. The number of aromatic nitrogens is 2. The van der Waals surface area contributed by atoms with Gasteiger partial charge in [0.15, 0.2) is 11.5 Å². The Morgan fingerprint density at radius 3 is 2.67 bits per heavy atom. The predicted molar refractivity (Wildman–Crippen MR) is 132 cm³/mol. The Morgan fingerprint density at radius 2 is 1.88 bits per heavy atom. The van der Waals surface area contributed by atoms with E-state index in [9.17, 15) is 0 Å². The highest BCUT2D eigenvalue weighted by Gasteiger charge is 2.26. The number of fused-ring (bicyclic) bond motifs is 3. The molecular formula is C28H28N3O2+. The fourth-order valence-electron chi connectivity index (χ4n) is 4.49. The number of rotatable bonds is 8. The van der Waals surface area contributed by atoms with Gasteiger partial charge in [-0.1, -0.05) is 46.8 Å². The zero-order chi connectivity index (χ0) is 22.8. The summed E-state index contributed by atoms with van der Waals surface area (Å²) in [5.41, 5.74) is 14.2. The number of hydrogen-bond acceptors (Lipinski definition) is 3. The molecule has 4 aromatic rings. The molecule has 5 rings (SSSR count). The molecule has 0 spiro atoms. The van der Waals surface area contributed by atoms with Crippen LogP contribution in [-0.4, -0.2) is 18.2 Å². The Bertz CT molecular complexity index is 1420. The monoisotopic (exact) mass is 438 g/mol. The van der Waals surface area contributed by atoms with E-state index in [1.165, 1.54) is 22.3 Å². The van der Waals surface area contributed by atoms with E-state index in [2.05, 4.69) is 64.5 Å². The smallest absolute Gasteiger partial charge is 0.242 e. The van der Waals surface area contributed by atoms with Gasteiger partial charge in [-0.25, -0.2) is 0 Å². The van der Waals surface area contributed by atoms with Gasteiger partial charge in [0, 0.05) is 12.2 Å². The third-order valence-electron chi connectivity index (χ3n) is 6.00. The molecule has 1 aliphatic rings. The Labute approximate surface area is 193 Å². The fourth-order valence-corrected chi connectivity index (χ4v) is 4.49. The van der Waals surface area contributed by atoms with Crippen molar-refractivity contribution < 1.29 is 13.8 Å². The van der Waals surface area contributed by atoms with E-state index >= 15 is 0 Å². The number of hydrogen-bond donors (Lipinski definition) is 1. The molecule has 33 heavy (non-hydrogen) atoms. The Hall–Kier alpha value is -3.83. The SMILES string of the molecule is COc1ccc(C=Cc2cc(C)c3c(CCN)c4[n+](n23)=CC=C4)cc1OCc1ccccc1. The average molecular weight is 439 g/mol. The Kier molecular flexibility index (Phi) is 5.71. The number of allylic oxidation sites excluding steroid dienone is 1. The zero-order valence-electron chi connectivity index (χ0n) is 19.0. The van der Waals surface area contributed by atoms with Gasteiger partial charge in [0.2, 0.25) is 11.9 Å². The van der Waals surface area contributed by atoms with E-state index in [1.54, 1.807) is 7.11 Å². The van der Waals surface area contributed by atoms with E-state index in [-0.39, 0.29) is 0 Å². The highest BCUT2D eigenvalue weighted by atomic mass is 16.5. The maximum atomic E-state index is 6.08. The van der Waals surface area contributed by atoms with Gasteiger partial charge < -0.3 is 15.2 Å². The molecule has 0 saturated carbocycles. The summed E-state index contributed by atoms with van der Waals surface area (Å²) in [5, 5.41) is 0. The fraction of sp³-hybridized carbons (Fsp3) is 0.179. The summed E-state index contributed by atoms with van der Waals surface area (Å²) in [4.78, 5) is 0. The van der Waals surface area contributed by atoms with E-state index in [0.717, 1.165) is 34.7 Å². The van der Waals surface area contributed by atoms with Gasteiger partial charge in [0.1, 0.15) is 17.8 Å². The molecule has 0 saturated heterocycles. The van der Waals surface area contributed by atoms with Gasteiger partial charge in [0.25, 0.3) is 0 Å². The van der Waals surface area contributed by atoms with Gasteiger partial charge in [0.05, 0.1) is 12.7 Å². The number of ether oxygens (including phenoxy) is 2. The van der Waals surface area contributed by atoms with Crippen LogP contribution in [0.4, 0.5) is 0 Å². The molecule has 5 heteroatoms. The van der Waals surface area contributed by atoms with Crippen molar-refractivity contribution in [2.45, 2.75) is 20.0 Å². The van der Waals surface area contributed by atoms with Gasteiger partial charge in [-0.05, 0) is 60.9 Å². The molecule has 1 aliphatic heterocycles. The van der Waals surface area contributed by atoms with Crippen LogP contribution in [0.5, 0.6) is 11.5 Å². The first-order chi connectivity index (χ1) is 16.2. The van der Waals surface area contributed by atoms with Crippen LogP contribution in [0, 0.1) is 13.1 Å². The molecule has 3 heterocycles. The van der Waals surface area contributed by atoms with Crippen molar-refractivity contribution >= 4 is 23.7 Å². The summed E-state index contributed by atoms with van der Waals surface area (Å²) in [6.07, 6.45) is 11.5. The second-order valence-electron chi connectivity index (χ2n) is 8.19. The largest absolute Gasteiger partial charge is 0.493 e. The summed E-state index contributed by atoms with van der Waals surface area (Å²) >= 11 is 0. The van der Waals surface area contributed by atoms with Crippen molar-refractivity contribution in [2.75, 3.05) is 13.7 Å². The first-order valence-corrected chi connectivity index (χ1v) is 11.2. The molecule has 0 atom stereocenters. The lowest BCUT2D eigenvalue weighted by molar-refractivity contribution is -0.583. The molecule has 0 bridgehead atoms. The summed E-state index contributed by atoms with van der Waals surface area (Å²) < 4.78 is 16.1. The molecule has 2 aromatic carbocycles. The highest BCUT2D eigenvalue weighted by Crippen LogP contribution is 2.30. The Morgan fingerprint density at radius 1 is 1.03 bits per heavy atom. The lowest BCUT2D eigenvalue weighted by Crippen LogP contribution is -2.24. The predicted octanol–water partition coefficient (Wildman–Crippen LogP) is 4.55. The topological polar surface area (TPSA) is 54.8 Å². The molecular weight excluding hydrogens is 410 g/mol. The second kappa shape index (κ2) is 8.96. The van der Waals surface area contributed by atoms with Crippen LogP contribution in [-0.2, 0) is 13.0 Å². The van der Waals surface area contributed by atoms with Crippen molar-refractivity contribution in [3.8, 4) is 11.5 Å². The number of methoxy groups -OCH3 is 1. The highest BCUT2D eigenvalue weighted by molar-refractivity contribution is 5.76. The summed E-state index contributed by atoms with van der Waals surface area (Å²) in [7, 11) is 1.66. The van der Waals surface area contributed by atoms with Crippen molar-refractivity contribution in [1.82, 2.24) is 4.52 Å². The summed E-state index contributed by atoms with van der Waals surface area (Å²) in [6, 6.07) is 18.4. The second-order valence-corrected chi connectivity index (χ2v) is 8.19. The van der Waals surface area contributed by atoms with Crippen LogP contribution in [0.15, 0.2) is 60.7 Å². The summed E-state index contributed by atoms with van der Waals surface area (Å²) in [5.74, 6) is 1.45. The van der Waals surface area contributed by atoms with Gasteiger partial charge >= 0.3 is 0 Å². The van der Waals surface area contributed by atoms with E-state index in [4.69, 9.17) is 15.2 Å². The average Bonchev–Trinajstić information content (AvgIpc) is 3.51. The molecule has 0 unspecified atom stereocenters. The molecule has 5 nitrogen and oxygen atoms in total. The maximum Gasteiger partial charge on any atom is 0.242 e. The van der Waals surface area contributed by atoms with E-state index in [1.807, 2.05) is 36.4 Å². The third kappa shape index (κ3) is 3.92. The Balaban J connectivity index is 1.47. The minimum atomic E-state index is 0.492. The molecule has 2 aromatic heterocycles. The minimum absolute atomic E-state index is 0.492.